The number of benzene rings is 1. The van der Waals surface area contributed by atoms with Crippen LogP contribution < -0.4 is 5.32 Å². The van der Waals surface area contributed by atoms with Crippen molar-refractivity contribution in [2.24, 2.45) is 0 Å². The summed E-state index contributed by atoms with van der Waals surface area (Å²) in [6.07, 6.45) is 2.50. The Bertz CT molecular complexity index is 323. The smallest absolute Gasteiger partial charge is 0.0700 e. The maximum atomic E-state index is 5.42. The molecule has 1 aliphatic rings. The van der Waals surface area contributed by atoms with Crippen molar-refractivity contribution in [1.82, 2.24) is 5.32 Å². The fourth-order valence-electron chi connectivity index (χ4n) is 2.36. The van der Waals surface area contributed by atoms with E-state index in [4.69, 9.17) is 9.47 Å². The molecule has 1 fully saturated rings. The van der Waals surface area contributed by atoms with Gasteiger partial charge in [0.15, 0.2) is 0 Å². The van der Waals surface area contributed by atoms with Crippen molar-refractivity contribution in [2.75, 3.05) is 33.5 Å². The molecule has 1 aliphatic carbocycles. The molecular weight excluding hydrogens is 226 g/mol. The minimum absolute atomic E-state index is 0.668. The first-order valence-corrected chi connectivity index (χ1v) is 6.75. The zero-order chi connectivity index (χ0) is 12.6. The molecule has 0 bridgehead atoms. The van der Waals surface area contributed by atoms with Crippen molar-refractivity contribution < 1.29 is 9.47 Å². The van der Waals surface area contributed by atoms with Gasteiger partial charge in [0.25, 0.3) is 0 Å². The lowest BCUT2D eigenvalue weighted by Crippen LogP contribution is -2.41. The Balaban J connectivity index is 1.52. The van der Waals surface area contributed by atoms with Gasteiger partial charge in [-0.2, -0.15) is 0 Å². The Morgan fingerprint density at radius 2 is 1.89 bits per heavy atom. The largest absolute Gasteiger partial charge is 0.382 e. The molecule has 0 atom stereocenters. The van der Waals surface area contributed by atoms with Crippen LogP contribution in [0.4, 0.5) is 0 Å². The number of rotatable bonds is 8. The fourth-order valence-corrected chi connectivity index (χ4v) is 2.36. The highest BCUT2D eigenvalue weighted by atomic mass is 16.5. The molecule has 3 heteroatoms. The monoisotopic (exact) mass is 249 g/mol. The Morgan fingerprint density at radius 1 is 1.11 bits per heavy atom. The SMILES string of the molecule is COCCOCCNC1CC(c2ccccc2)C1. The second-order valence-electron chi connectivity index (χ2n) is 4.84. The van der Waals surface area contributed by atoms with E-state index in [1.54, 1.807) is 7.11 Å². The van der Waals surface area contributed by atoms with E-state index in [2.05, 4.69) is 35.6 Å². The van der Waals surface area contributed by atoms with E-state index in [0.717, 1.165) is 19.1 Å². The van der Waals surface area contributed by atoms with E-state index in [9.17, 15) is 0 Å². The zero-order valence-electron chi connectivity index (χ0n) is 11.1. The predicted octanol–water partition coefficient (Wildman–Crippen LogP) is 2.19. The third-order valence-electron chi connectivity index (χ3n) is 3.52. The molecule has 1 aromatic rings. The van der Waals surface area contributed by atoms with Crippen molar-refractivity contribution in [3.05, 3.63) is 35.9 Å². The molecule has 1 saturated carbocycles. The molecule has 2 rings (SSSR count). The molecule has 0 amide bonds. The minimum atomic E-state index is 0.668. The molecule has 0 aromatic heterocycles. The Morgan fingerprint density at radius 3 is 2.61 bits per heavy atom. The maximum absolute atomic E-state index is 5.42. The van der Waals surface area contributed by atoms with Gasteiger partial charge in [-0.05, 0) is 24.3 Å². The topological polar surface area (TPSA) is 30.5 Å². The van der Waals surface area contributed by atoms with Crippen LogP contribution in [0.5, 0.6) is 0 Å². The molecule has 3 nitrogen and oxygen atoms in total. The molecule has 1 N–H and O–H groups in total. The van der Waals surface area contributed by atoms with Gasteiger partial charge >= 0.3 is 0 Å². The lowest BCUT2D eigenvalue weighted by atomic mass is 9.76. The van der Waals surface area contributed by atoms with Crippen LogP contribution in [-0.2, 0) is 9.47 Å². The summed E-state index contributed by atoms with van der Waals surface area (Å²) in [5, 5.41) is 3.53. The van der Waals surface area contributed by atoms with E-state index < -0.39 is 0 Å². The Hall–Kier alpha value is -0.900. The summed E-state index contributed by atoms with van der Waals surface area (Å²) in [4.78, 5) is 0. The highest BCUT2D eigenvalue weighted by Crippen LogP contribution is 2.36. The second-order valence-corrected chi connectivity index (χ2v) is 4.84. The van der Waals surface area contributed by atoms with Gasteiger partial charge in [-0.15, -0.1) is 0 Å². The van der Waals surface area contributed by atoms with Crippen LogP contribution in [-0.4, -0.2) is 39.5 Å². The molecule has 0 heterocycles. The van der Waals surface area contributed by atoms with Crippen molar-refractivity contribution in [3.63, 3.8) is 0 Å². The average molecular weight is 249 g/mol. The van der Waals surface area contributed by atoms with Gasteiger partial charge in [0, 0.05) is 19.7 Å². The van der Waals surface area contributed by atoms with Crippen LogP contribution in [0.25, 0.3) is 0 Å². The van der Waals surface area contributed by atoms with E-state index >= 15 is 0 Å². The highest BCUT2D eigenvalue weighted by molar-refractivity contribution is 5.22. The van der Waals surface area contributed by atoms with Crippen LogP contribution in [0.2, 0.25) is 0 Å². The van der Waals surface area contributed by atoms with E-state index in [1.165, 1.54) is 18.4 Å². The minimum Gasteiger partial charge on any atom is -0.382 e. The maximum Gasteiger partial charge on any atom is 0.0700 e. The molecule has 0 radical (unpaired) electrons. The van der Waals surface area contributed by atoms with Crippen LogP contribution >= 0.6 is 0 Å². The Labute approximate surface area is 109 Å². The molecular formula is C15H23NO2. The van der Waals surface area contributed by atoms with Gasteiger partial charge in [-0.3, -0.25) is 0 Å². The third kappa shape index (κ3) is 4.09. The van der Waals surface area contributed by atoms with Gasteiger partial charge in [-0.1, -0.05) is 30.3 Å². The van der Waals surface area contributed by atoms with Crippen molar-refractivity contribution in [2.45, 2.75) is 24.8 Å². The summed E-state index contributed by atoms with van der Waals surface area (Å²) in [7, 11) is 1.69. The first kappa shape index (κ1) is 13.5. The van der Waals surface area contributed by atoms with Gasteiger partial charge in [0.2, 0.25) is 0 Å². The van der Waals surface area contributed by atoms with Crippen LogP contribution in [0.15, 0.2) is 30.3 Å². The zero-order valence-corrected chi connectivity index (χ0v) is 11.1. The first-order valence-electron chi connectivity index (χ1n) is 6.75. The van der Waals surface area contributed by atoms with Crippen LogP contribution in [0.3, 0.4) is 0 Å². The fraction of sp³-hybridized carbons (Fsp3) is 0.600. The molecule has 0 saturated heterocycles. The van der Waals surface area contributed by atoms with Crippen molar-refractivity contribution in [1.29, 1.82) is 0 Å². The third-order valence-corrected chi connectivity index (χ3v) is 3.52. The number of nitrogens with one attached hydrogen (secondary N) is 1. The average Bonchev–Trinajstić information content (AvgIpc) is 2.36. The van der Waals surface area contributed by atoms with E-state index in [-0.39, 0.29) is 0 Å². The number of methoxy groups -OCH3 is 1. The summed E-state index contributed by atoms with van der Waals surface area (Å²) in [5.41, 5.74) is 1.48. The summed E-state index contributed by atoms with van der Waals surface area (Å²) < 4.78 is 10.3. The molecule has 18 heavy (non-hydrogen) atoms. The standard InChI is InChI=1S/C15H23NO2/c1-17-9-10-18-8-7-16-15-11-14(12-15)13-5-3-2-4-6-13/h2-6,14-16H,7-12H2,1H3. The first-order chi connectivity index (χ1) is 8.90. The molecule has 100 valence electrons. The highest BCUT2D eigenvalue weighted by Gasteiger charge is 2.29. The van der Waals surface area contributed by atoms with E-state index in [1.807, 2.05) is 0 Å². The van der Waals surface area contributed by atoms with E-state index in [0.29, 0.717) is 19.3 Å². The summed E-state index contributed by atoms with van der Waals surface area (Å²) in [6, 6.07) is 11.5. The lowest BCUT2D eigenvalue weighted by molar-refractivity contribution is 0.0694. The molecule has 1 aromatic carbocycles. The summed E-state index contributed by atoms with van der Waals surface area (Å²) in [5.74, 6) is 0.748. The summed E-state index contributed by atoms with van der Waals surface area (Å²) in [6.45, 7) is 3.08. The quantitative estimate of drug-likeness (QED) is 0.716. The van der Waals surface area contributed by atoms with Gasteiger partial charge in [-0.25, -0.2) is 0 Å². The van der Waals surface area contributed by atoms with Crippen molar-refractivity contribution in [3.8, 4) is 0 Å². The normalized spacial score (nSPS) is 22.7. The number of hydrogen-bond donors (Lipinski definition) is 1. The molecule has 0 spiro atoms. The van der Waals surface area contributed by atoms with Crippen LogP contribution in [0, 0.1) is 0 Å². The lowest BCUT2D eigenvalue weighted by Gasteiger charge is -2.36. The number of hydrogen-bond acceptors (Lipinski definition) is 3. The van der Waals surface area contributed by atoms with Crippen LogP contribution in [0.1, 0.15) is 24.3 Å². The van der Waals surface area contributed by atoms with Crippen molar-refractivity contribution >= 4 is 0 Å². The van der Waals surface area contributed by atoms with Gasteiger partial charge < -0.3 is 14.8 Å². The second kappa shape index (κ2) is 7.52. The van der Waals surface area contributed by atoms with Gasteiger partial charge in [0.05, 0.1) is 19.8 Å². The molecule has 0 aliphatic heterocycles. The van der Waals surface area contributed by atoms with Gasteiger partial charge in [0.1, 0.15) is 0 Å². The summed E-state index contributed by atoms with van der Waals surface area (Å²) >= 11 is 0. The predicted molar refractivity (Wildman–Crippen MR) is 72.9 cm³/mol. The molecule has 0 unspecified atom stereocenters. The Kier molecular flexibility index (Phi) is 5.65. The number of ether oxygens (including phenoxy) is 2.